The highest BCUT2D eigenvalue weighted by Gasteiger charge is 2.34. The molecule has 1 aliphatic heterocycles. The van der Waals surface area contributed by atoms with Crippen LogP contribution in [0.3, 0.4) is 0 Å². The van der Waals surface area contributed by atoms with Crippen LogP contribution < -0.4 is 10.6 Å². The Morgan fingerprint density at radius 2 is 2.04 bits per heavy atom. The number of alkyl halides is 3. The second kappa shape index (κ2) is 8.09. The first kappa shape index (κ1) is 20.0. The van der Waals surface area contributed by atoms with Gasteiger partial charge in [-0.15, -0.1) is 0 Å². The van der Waals surface area contributed by atoms with E-state index in [1.54, 1.807) is 0 Å². The van der Waals surface area contributed by atoms with Crippen LogP contribution in [0.5, 0.6) is 0 Å². The Bertz CT molecular complexity index is 867. The van der Waals surface area contributed by atoms with Gasteiger partial charge in [-0.05, 0) is 24.6 Å². The molecule has 1 fully saturated rings. The number of rotatable bonds is 5. The molecule has 1 saturated heterocycles. The molecule has 1 amide bonds. The van der Waals surface area contributed by atoms with Gasteiger partial charge < -0.3 is 15.4 Å². The van der Waals surface area contributed by atoms with Gasteiger partial charge in [-0.25, -0.2) is 8.78 Å². The van der Waals surface area contributed by atoms with Crippen LogP contribution in [0.1, 0.15) is 17.7 Å². The van der Waals surface area contributed by atoms with Gasteiger partial charge >= 0.3 is 6.18 Å². The highest BCUT2D eigenvalue weighted by atomic mass is 19.4. The summed E-state index contributed by atoms with van der Waals surface area (Å²) in [6.07, 6.45) is -3.07. The van der Waals surface area contributed by atoms with Gasteiger partial charge in [0.1, 0.15) is 11.6 Å². The number of nitrogens with zero attached hydrogens (tertiary/aromatic N) is 1. The fourth-order valence-corrected chi connectivity index (χ4v) is 2.74. The maximum Gasteiger partial charge on any atom is 0.418 e. The average Bonchev–Trinajstić information content (AvgIpc) is 3.16. The van der Waals surface area contributed by atoms with Gasteiger partial charge in [0.05, 0.1) is 47.9 Å². The third-order valence-electron chi connectivity index (χ3n) is 4.21. The zero-order valence-electron chi connectivity index (χ0n) is 14.4. The third kappa shape index (κ3) is 4.75. The zero-order chi connectivity index (χ0) is 20.3. The summed E-state index contributed by atoms with van der Waals surface area (Å²) in [5.74, 6) is -2.41. The van der Waals surface area contributed by atoms with Crippen molar-refractivity contribution in [1.82, 2.24) is 10.3 Å². The lowest BCUT2D eigenvalue weighted by atomic mass is 10.1. The lowest BCUT2D eigenvalue weighted by Gasteiger charge is -2.15. The lowest BCUT2D eigenvalue weighted by Crippen LogP contribution is -2.31. The Labute approximate surface area is 156 Å². The van der Waals surface area contributed by atoms with Crippen molar-refractivity contribution >= 4 is 17.3 Å². The number of aromatic nitrogens is 1. The van der Waals surface area contributed by atoms with Gasteiger partial charge in [-0.1, -0.05) is 0 Å². The second-order valence-electron chi connectivity index (χ2n) is 6.24. The minimum atomic E-state index is -4.79. The molecule has 28 heavy (non-hydrogen) atoms. The van der Waals surface area contributed by atoms with E-state index in [9.17, 15) is 26.7 Å². The minimum Gasteiger partial charge on any atom is -0.381 e. The van der Waals surface area contributed by atoms with E-state index in [4.69, 9.17) is 4.74 Å². The van der Waals surface area contributed by atoms with Crippen molar-refractivity contribution in [2.75, 3.05) is 18.5 Å². The summed E-state index contributed by atoms with van der Waals surface area (Å²) in [5.41, 5.74) is -1.76. The number of ether oxygens (including phenoxy) is 1. The number of carbonyl (C=O) groups is 1. The smallest absolute Gasteiger partial charge is 0.381 e. The molecule has 0 bridgehead atoms. The summed E-state index contributed by atoms with van der Waals surface area (Å²) >= 11 is 0. The van der Waals surface area contributed by atoms with E-state index in [0.29, 0.717) is 25.7 Å². The van der Waals surface area contributed by atoms with Crippen molar-refractivity contribution in [1.29, 1.82) is 0 Å². The normalized spacial score (nSPS) is 16.8. The summed E-state index contributed by atoms with van der Waals surface area (Å²) in [4.78, 5) is 15.7. The molecule has 5 nitrogen and oxygen atoms in total. The molecule has 10 heteroatoms. The predicted molar refractivity (Wildman–Crippen MR) is 89.7 cm³/mol. The van der Waals surface area contributed by atoms with Gasteiger partial charge in [0.25, 0.3) is 0 Å². The summed E-state index contributed by atoms with van der Waals surface area (Å²) in [6, 6.07) is 3.07. The number of halogens is 5. The van der Waals surface area contributed by atoms with Crippen LogP contribution in [0.25, 0.3) is 0 Å². The fourth-order valence-electron chi connectivity index (χ4n) is 2.74. The van der Waals surface area contributed by atoms with Crippen LogP contribution in [-0.2, 0) is 22.3 Å². The van der Waals surface area contributed by atoms with E-state index >= 15 is 0 Å². The van der Waals surface area contributed by atoms with Gasteiger partial charge in [-0.3, -0.25) is 9.78 Å². The molecule has 2 N–H and O–H groups in total. The topological polar surface area (TPSA) is 63.2 Å². The summed E-state index contributed by atoms with van der Waals surface area (Å²) in [5, 5.41) is 4.94. The maximum absolute atomic E-state index is 14.2. The maximum atomic E-state index is 14.2. The molecule has 0 saturated carbocycles. The van der Waals surface area contributed by atoms with Crippen molar-refractivity contribution < 1.29 is 31.5 Å². The molecular formula is C18H16F5N3O2. The Kier molecular flexibility index (Phi) is 5.78. The van der Waals surface area contributed by atoms with Crippen molar-refractivity contribution in [2.24, 2.45) is 5.92 Å². The van der Waals surface area contributed by atoms with Gasteiger partial charge in [0.2, 0.25) is 5.91 Å². The first-order chi connectivity index (χ1) is 13.2. The minimum absolute atomic E-state index is 0.0473. The highest BCUT2D eigenvalue weighted by molar-refractivity contribution is 5.78. The van der Waals surface area contributed by atoms with Crippen LogP contribution in [0.15, 0.2) is 30.5 Å². The SMILES string of the molecule is O=C(NCc1ncc(Nc2ccc(F)cc2C(F)(F)F)cc1F)[C@@H]1CCOC1. The number of nitrogens with one attached hydrogen (secondary N) is 2. The molecular weight excluding hydrogens is 385 g/mol. The van der Waals surface area contributed by atoms with Gasteiger partial charge in [0.15, 0.2) is 0 Å². The molecule has 0 aliphatic carbocycles. The number of amides is 1. The fraction of sp³-hybridized carbons (Fsp3) is 0.333. The number of hydrogen-bond donors (Lipinski definition) is 2. The molecule has 0 radical (unpaired) electrons. The number of carbonyl (C=O) groups excluding carboxylic acids is 1. The number of pyridine rings is 1. The number of hydrogen-bond acceptors (Lipinski definition) is 4. The van der Waals surface area contributed by atoms with E-state index in [-0.39, 0.29) is 29.8 Å². The Morgan fingerprint density at radius 3 is 2.68 bits per heavy atom. The van der Waals surface area contributed by atoms with E-state index in [1.807, 2.05) is 0 Å². The standard InChI is InChI=1S/C18H16F5N3O2/c19-11-1-2-15(13(5-11)18(21,22)23)26-12-6-14(20)16(24-7-12)8-25-17(27)10-3-4-28-9-10/h1-2,5-7,10,26H,3-4,8-9H2,(H,25,27)/t10-/m1/s1. The largest absolute Gasteiger partial charge is 0.418 e. The Balaban J connectivity index is 1.70. The first-order valence-electron chi connectivity index (χ1n) is 8.37. The van der Waals surface area contributed by atoms with E-state index in [1.165, 1.54) is 0 Å². The molecule has 3 rings (SSSR count). The molecule has 150 valence electrons. The molecule has 1 atom stereocenters. The molecule has 2 aromatic rings. The van der Waals surface area contributed by atoms with Crippen molar-refractivity contribution in [3.05, 3.63) is 53.4 Å². The van der Waals surface area contributed by atoms with Crippen LogP contribution in [0.4, 0.5) is 33.3 Å². The van der Waals surface area contributed by atoms with Gasteiger partial charge in [-0.2, -0.15) is 13.2 Å². The molecule has 1 aliphatic rings. The lowest BCUT2D eigenvalue weighted by molar-refractivity contribution is -0.137. The Hall–Kier alpha value is -2.75. The highest BCUT2D eigenvalue weighted by Crippen LogP contribution is 2.36. The molecule has 0 spiro atoms. The van der Waals surface area contributed by atoms with Crippen molar-refractivity contribution in [3.63, 3.8) is 0 Å². The van der Waals surface area contributed by atoms with Crippen LogP contribution in [0, 0.1) is 17.6 Å². The number of anilines is 2. The second-order valence-corrected chi connectivity index (χ2v) is 6.24. The molecule has 2 heterocycles. The van der Waals surface area contributed by atoms with Gasteiger partial charge in [0, 0.05) is 12.7 Å². The summed E-state index contributed by atoms with van der Waals surface area (Å²) in [7, 11) is 0. The van der Waals surface area contributed by atoms with E-state index in [2.05, 4.69) is 15.6 Å². The van der Waals surface area contributed by atoms with Crippen LogP contribution in [0.2, 0.25) is 0 Å². The number of benzene rings is 1. The quantitative estimate of drug-likeness (QED) is 0.749. The van der Waals surface area contributed by atoms with Crippen molar-refractivity contribution in [3.8, 4) is 0 Å². The Morgan fingerprint density at radius 1 is 1.25 bits per heavy atom. The molecule has 1 aromatic heterocycles. The average molecular weight is 401 g/mol. The van der Waals surface area contributed by atoms with E-state index < -0.39 is 29.1 Å². The molecule has 0 unspecified atom stereocenters. The molecule has 1 aromatic carbocycles. The van der Waals surface area contributed by atoms with Crippen molar-refractivity contribution in [2.45, 2.75) is 19.1 Å². The van der Waals surface area contributed by atoms with E-state index in [0.717, 1.165) is 24.4 Å². The summed E-state index contributed by atoms with van der Waals surface area (Å²) < 4.78 is 71.6. The van der Waals surface area contributed by atoms with Crippen LogP contribution >= 0.6 is 0 Å². The third-order valence-corrected chi connectivity index (χ3v) is 4.21. The monoisotopic (exact) mass is 401 g/mol. The van der Waals surface area contributed by atoms with Crippen LogP contribution in [-0.4, -0.2) is 24.1 Å². The zero-order valence-corrected chi connectivity index (χ0v) is 14.4. The first-order valence-corrected chi connectivity index (χ1v) is 8.37. The summed E-state index contributed by atoms with van der Waals surface area (Å²) in [6.45, 7) is 0.643. The predicted octanol–water partition coefficient (Wildman–Crippen LogP) is 3.77.